The molecule has 0 unspecified atom stereocenters. The molecule has 4 heteroatoms. The molecule has 32 heavy (non-hydrogen) atoms. The monoisotopic (exact) mass is 493 g/mol. The van der Waals surface area contributed by atoms with Crippen molar-refractivity contribution in [1.29, 1.82) is 0 Å². The van der Waals surface area contributed by atoms with Crippen LogP contribution in [0.5, 0.6) is 0 Å². The van der Waals surface area contributed by atoms with Crippen LogP contribution >= 0.6 is 15.9 Å². The van der Waals surface area contributed by atoms with Crippen LogP contribution in [0.2, 0.25) is 0 Å². The third-order valence-electron chi connectivity index (χ3n) is 6.90. The first-order valence-electron chi connectivity index (χ1n) is 11.3. The molecule has 1 amide bonds. The second-order valence-corrected chi connectivity index (χ2v) is 11.3. The number of fused-ring (bicyclic) bond motifs is 1. The van der Waals surface area contributed by atoms with E-state index in [1.807, 2.05) is 30.3 Å². The zero-order chi connectivity index (χ0) is 23.1. The SMILES string of the molecule is Cc1cc2c(cc1Cc1ccc(C(=O)NCc3cccc(Br)c3)o1)C(C)(C)CCC2(C)C. The Morgan fingerprint density at radius 1 is 1.00 bits per heavy atom. The van der Waals surface area contributed by atoms with E-state index in [2.05, 4.69) is 68.0 Å². The highest BCUT2D eigenvalue weighted by molar-refractivity contribution is 9.10. The molecule has 0 radical (unpaired) electrons. The van der Waals surface area contributed by atoms with Crippen LogP contribution in [0.15, 0.2) is 57.4 Å². The van der Waals surface area contributed by atoms with E-state index >= 15 is 0 Å². The number of rotatable bonds is 5. The Morgan fingerprint density at radius 2 is 1.69 bits per heavy atom. The van der Waals surface area contributed by atoms with E-state index in [4.69, 9.17) is 4.42 Å². The molecule has 3 nitrogen and oxygen atoms in total. The van der Waals surface area contributed by atoms with Gasteiger partial charge < -0.3 is 9.73 Å². The lowest BCUT2D eigenvalue weighted by Crippen LogP contribution is -2.34. The second kappa shape index (κ2) is 8.55. The van der Waals surface area contributed by atoms with Gasteiger partial charge in [-0.2, -0.15) is 0 Å². The smallest absolute Gasteiger partial charge is 0.287 e. The molecule has 0 saturated carbocycles. The third kappa shape index (κ3) is 4.71. The van der Waals surface area contributed by atoms with Crippen molar-refractivity contribution in [2.75, 3.05) is 0 Å². The van der Waals surface area contributed by atoms with Crippen molar-refractivity contribution in [2.24, 2.45) is 0 Å². The van der Waals surface area contributed by atoms with Crippen molar-refractivity contribution < 1.29 is 9.21 Å². The van der Waals surface area contributed by atoms with Gasteiger partial charge in [0.25, 0.3) is 5.91 Å². The Balaban J connectivity index is 1.50. The van der Waals surface area contributed by atoms with Crippen LogP contribution in [-0.2, 0) is 23.8 Å². The summed E-state index contributed by atoms with van der Waals surface area (Å²) in [5, 5.41) is 2.94. The third-order valence-corrected chi connectivity index (χ3v) is 7.39. The van der Waals surface area contributed by atoms with Crippen LogP contribution < -0.4 is 5.32 Å². The predicted octanol–water partition coefficient (Wildman–Crippen LogP) is 7.22. The van der Waals surface area contributed by atoms with Crippen LogP contribution in [0.25, 0.3) is 0 Å². The number of furan rings is 1. The molecule has 3 aromatic rings. The van der Waals surface area contributed by atoms with Gasteiger partial charge in [-0.3, -0.25) is 4.79 Å². The topological polar surface area (TPSA) is 42.2 Å². The van der Waals surface area contributed by atoms with Crippen LogP contribution in [0.4, 0.5) is 0 Å². The summed E-state index contributed by atoms with van der Waals surface area (Å²) in [6.07, 6.45) is 3.09. The minimum atomic E-state index is -0.193. The first-order chi connectivity index (χ1) is 15.0. The number of hydrogen-bond donors (Lipinski definition) is 1. The van der Waals surface area contributed by atoms with Gasteiger partial charge in [-0.1, -0.05) is 67.9 Å². The zero-order valence-electron chi connectivity index (χ0n) is 19.6. The molecule has 0 aliphatic heterocycles. The average molecular weight is 494 g/mol. The number of hydrogen-bond acceptors (Lipinski definition) is 2. The van der Waals surface area contributed by atoms with Crippen molar-refractivity contribution in [2.45, 2.75) is 71.3 Å². The maximum Gasteiger partial charge on any atom is 0.287 e. The van der Waals surface area contributed by atoms with Gasteiger partial charge in [-0.25, -0.2) is 0 Å². The van der Waals surface area contributed by atoms with Crippen LogP contribution in [0.3, 0.4) is 0 Å². The molecule has 0 spiro atoms. The van der Waals surface area contributed by atoms with Gasteiger partial charge >= 0.3 is 0 Å². The Bertz CT molecular complexity index is 1160. The highest BCUT2D eigenvalue weighted by Crippen LogP contribution is 2.46. The highest BCUT2D eigenvalue weighted by Gasteiger charge is 2.37. The molecule has 1 aromatic heterocycles. The number of carbonyl (C=O) groups is 1. The van der Waals surface area contributed by atoms with E-state index in [1.165, 1.54) is 35.1 Å². The number of halogens is 1. The van der Waals surface area contributed by atoms with E-state index in [9.17, 15) is 4.79 Å². The quantitative estimate of drug-likeness (QED) is 0.407. The number of amides is 1. The molecule has 0 atom stereocenters. The van der Waals surface area contributed by atoms with Crippen LogP contribution in [0, 0.1) is 6.92 Å². The molecule has 0 fully saturated rings. The zero-order valence-corrected chi connectivity index (χ0v) is 21.2. The Kier molecular flexibility index (Phi) is 6.10. The lowest BCUT2D eigenvalue weighted by molar-refractivity contribution is 0.0921. The van der Waals surface area contributed by atoms with E-state index in [1.54, 1.807) is 6.07 Å². The average Bonchev–Trinajstić information content (AvgIpc) is 3.20. The van der Waals surface area contributed by atoms with Crippen molar-refractivity contribution in [3.63, 3.8) is 0 Å². The normalized spacial score (nSPS) is 16.4. The molecule has 1 aliphatic carbocycles. The van der Waals surface area contributed by atoms with Crippen molar-refractivity contribution in [1.82, 2.24) is 5.32 Å². The molecular weight excluding hydrogens is 462 g/mol. The predicted molar refractivity (Wildman–Crippen MR) is 133 cm³/mol. The number of nitrogens with one attached hydrogen (secondary N) is 1. The largest absolute Gasteiger partial charge is 0.456 e. The fourth-order valence-electron chi connectivity index (χ4n) is 4.66. The maximum absolute atomic E-state index is 12.6. The summed E-state index contributed by atoms with van der Waals surface area (Å²) in [5.41, 5.74) is 6.90. The molecule has 2 aromatic carbocycles. The molecule has 0 bridgehead atoms. The summed E-state index contributed by atoms with van der Waals surface area (Å²) in [6.45, 7) is 12.0. The Hall–Kier alpha value is -2.33. The summed E-state index contributed by atoms with van der Waals surface area (Å²) >= 11 is 3.46. The summed E-state index contributed by atoms with van der Waals surface area (Å²) in [6, 6.07) is 16.3. The van der Waals surface area contributed by atoms with Gasteiger partial charge in [0.2, 0.25) is 0 Å². The molecule has 4 rings (SSSR count). The number of carbonyl (C=O) groups excluding carboxylic acids is 1. The summed E-state index contributed by atoms with van der Waals surface area (Å²) in [4.78, 5) is 12.6. The van der Waals surface area contributed by atoms with Gasteiger partial charge in [-0.15, -0.1) is 0 Å². The fourth-order valence-corrected chi connectivity index (χ4v) is 5.10. The second-order valence-electron chi connectivity index (χ2n) is 10.3. The molecule has 1 N–H and O–H groups in total. The Labute approximate surface area is 199 Å². The first kappa shape index (κ1) is 22.8. The van der Waals surface area contributed by atoms with Gasteiger partial charge in [0.1, 0.15) is 5.76 Å². The van der Waals surface area contributed by atoms with E-state index in [-0.39, 0.29) is 16.7 Å². The lowest BCUT2D eigenvalue weighted by atomic mass is 9.62. The number of aryl methyl sites for hydroxylation is 1. The van der Waals surface area contributed by atoms with Crippen molar-refractivity contribution in [3.8, 4) is 0 Å². The standard InChI is InChI=1S/C28H32BrNO2/c1-18-13-23-24(28(4,5)12-11-27(23,2)3)16-20(18)15-22-9-10-25(32-22)26(31)30-17-19-7-6-8-21(29)14-19/h6-10,13-14,16H,11-12,15,17H2,1-5H3,(H,30,31). The van der Waals surface area contributed by atoms with Gasteiger partial charge in [0.15, 0.2) is 5.76 Å². The molecule has 1 aliphatic rings. The van der Waals surface area contributed by atoms with Crippen LogP contribution in [0.1, 0.15) is 84.7 Å². The van der Waals surface area contributed by atoms with Crippen LogP contribution in [-0.4, -0.2) is 5.91 Å². The van der Waals surface area contributed by atoms with E-state index in [0.29, 0.717) is 18.7 Å². The number of benzene rings is 2. The molecule has 168 valence electrons. The van der Waals surface area contributed by atoms with Gasteiger partial charge in [-0.05, 0) is 82.7 Å². The van der Waals surface area contributed by atoms with Crippen molar-refractivity contribution in [3.05, 3.63) is 92.3 Å². The summed E-state index contributed by atoms with van der Waals surface area (Å²) < 4.78 is 6.93. The fraction of sp³-hybridized carbons (Fsp3) is 0.393. The minimum Gasteiger partial charge on any atom is -0.456 e. The summed E-state index contributed by atoms with van der Waals surface area (Å²) in [7, 11) is 0. The van der Waals surface area contributed by atoms with Crippen molar-refractivity contribution >= 4 is 21.8 Å². The van der Waals surface area contributed by atoms with E-state index in [0.717, 1.165) is 15.8 Å². The minimum absolute atomic E-state index is 0.175. The lowest BCUT2D eigenvalue weighted by Gasteiger charge is -2.42. The molecule has 0 saturated heterocycles. The Morgan fingerprint density at radius 3 is 2.38 bits per heavy atom. The maximum atomic E-state index is 12.6. The molecule has 1 heterocycles. The molecular formula is C28H32BrNO2. The van der Waals surface area contributed by atoms with E-state index < -0.39 is 0 Å². The highest BCUT2D eigenvalue weighted by atomic mass is 79.9. The van der Waals surface area contributed by atoms with Gasteiger partial charge in [0.05, 0.1) is 0 Å². The summed E-state index contributed by atoms with van der Waals surface area (Å²) in [5.74, 6) is 0.974. The first-order valence-corrected chi connectivity index (χ1v) is 12.1. The van der Waals surface area contributed by atoms with Gasteiger partial charge in [0, 0.05) is 17.4 Å².